The third kappa shape index (κ3) is 2.61. The Kier molecular flexibility index (Phi) is 3.38. The highest BCUT2D eigenvalue weighted by Gasteiger charge is 2.02. The first-order valence-corrected chi connectivity index (χ1v) is 6.25. The highest BCUT2D eigenvalue weighted by molar-refractivity contribution is 9.10. The molecule has 0 fully saturated rings. The third-order valence-electron chi connectivity index (χ3n) is 2.83. The van der Waals surface area contributed by atoms with Crippen LogP contribution in [0.25, 0.3) is 0 Å². The lowest BCUT2D eigenvalue weighted by molar-refractivity contribution is 1.40. The maximum absolute atomic E-state index is 5.88. The Hall–Kier alpha value is -1.48. The van der Waals surface area contributed by atoms with Crippen molar-refractivity contribution < 1.29 is 0 Å². The maximum atomic E-state index is 5.88. The quantitative estimate of drug-likeness (QED) is 0.805. The van der Waals surface area contributed by atoms with Gasteiger partial charge in [-0.25, -0.2) is 0 Å². The van der Waals surface area contributed by atoms with Crippen LogP contribution in [0, 0.1) is 13.8 Å². The van der Waals surface area contributed by atoms with Crippen molar-refractivity contribution in [2.75, 3.05) is 11.1 Å². The predicted octanol–water partition coefficient (Wildman–Crippen LogP) is 4.39. The van der Waals surface area contributed by atoms with E-state index >= 15 is 0 Å². The Bertz CT molecular complexity index is 550. The third-order valence-corrected chi connectivity index (χ3v) is 3.68. The molecular formula is C14H15BrN2. The lowest BCUT2D eigenvalue weighted by atomic mass is 10.1. The molecule has 0 radical (unpaired) electrons. The monoisotopic (exact) mass is 290 g/mol. The zero-order chi connectivity index (χ0) is 12.4. The minimum Gasteiger partial charge on any atom is -0.398 e. The van der Waals surface area contributed by atoms with Crippen LogP contribution < -0.4 is 11.1 Å². The summed E-state index contributed by atoms with van der Waals surface area (Å²) in [6, 6.07) is 12.1. The molecule has 3 N–H and O–H groups in total. The number of hydrogen-bond acceptors (Lipinski definition) is 2. The number of nitrogens with one attached hydrogen (secondary N) is 1. The molecule has 0 saturated heterocycles. The first kappa shape index (κ1) is 12.0. The van der Waals surface area contributed by atoms with Gasteiger partial charge in [-0.05, 0) is 49.2 Å². The van der Waals surface area contributed by atoms with Gasteiger partial charge in [-0.15, -0.1) is 0 Å². The SMILES string of the molecule is Cc1ccc(Nc2cccc(N)c2C)cc1Br. The second-order valence-corrected chi connectivity index (χ2v) is 4.96. The normalized spacial score (nSPS) is 10.3. The fourth-order valence-corrected chi connectivity index (χ4v) is 1.99. The summed E-state index contributed by atoms with van der Waals surface area (Å²) >= 11 is 3.53. The molecule has 0 atom stereocenters. The van der Waals surface area contributed by atoms with Crippen LogP contribution in [-0.2, 0) is 0 Å². The van der Waals surface area contributed by atoms with E-state index in [1.165, 1.54) is 5.56 Å². The molecule has 0 heterocycles. The number of rotatable bonds is 2. The minimum absolute atomic E-state index is 0.807. The maximum Gasteiger partial charge on any atom is 0.0434 e. The summed E-state index contributed by atoms with van der Waals surface area (Å²) in [6.45, 7) is 4.08. The Morgan fingerprint density at radius 1 is 1.12 bits per heavy atom. The zero-order valence-corrected chi connectivity index (χ0v) is 11.5. The first-order valence-electron chi connectivity index (χ1n) is 5.46. The summed E-state index contributed by atoms with van der Waals surface area (Å²) in [4.78, 5) is 0. The molecule has 0 unspecified atom stereocenters. The molecule has 0 bridgehead atoms. The van der Waals surface area contributed by atoms with Crippen LogP contribution in [0.3, 0.4) is 0 Å². The van der Waals surface area contributed by atoms with E-state index in [-0.39, 0.29) is 0 Å². The Morgan fingerprint density at radius 2 is 1.88 bits per heavy atom. The number of halogens is 1. The van der Waals surface area contributed by atoms with Crippen LogP contribution in [0.5, 0.6) is 0 Å². The lowest BCUT2D eigenvalue weighted by Gasteiger charge is -2.12. The highest BCUT2D eigenvalue weighted by atomic mass is 79.9. The number of hydrogen-bond donors (Lipinski definition) is 2. The molecule has 0 aliphatic rings. The van der Waals surface area contributed by atoms with Gasteiger partial charge in [0, 0.05) is 21.5 Å². The Labute approximate surface area is 110 Å². The molecule has 0 saturated carbocycles. The van der Waals surface area contributed by atoms with E-state index in [1.54, 1.807) is 0 Å². The van der Waals surface area contributed by atoms with Gasteiger partial charge in [-0.2, -0.15) is 0 Å². The van der Waals surface area contributed by atoms with Crippen molar-refractivity contribution in [1.29, 1.82) is 0 Å². The molecule has 3 heteroatoms. The van der Waals surface area contributed by atoms with E-state index in [9.17, 15) is 0 Å². The molecule has 2 aromatic rings. The van der Waals surface area contributed by atoms with Crippen molar-refractivity contribution in [3.8, 4) is 0 Å². The molecule has 2 rings (SSSR count). The summed E-state index contributed by atoms with van der Waals surface area (Å²) in [7, 11) is 0. The summed E-state index contributed by atoms with van der Waals surface area (Å²) in [5, 5.41) is 3.37. The van der Waals surface area contributed by atoms with Gasteiger partial charge >= 0.3 is 0 Å². The van der Waals surface area contributed by atoms with Gasteiger partial charge in [0.1, 0.15) is 0 Å². The van der Waals surface area contributed by atoms with E-state index in [0.717, 1.165) is 27.1 Å². The van der Waals surface area contributed by atoms with Crippen molar-refractivity contribution >= 4 is 33.0 Å². The van der Waals surface area contributed by atoms with Crippen molar-refractivity contribution in [3.05, 3.63) is 52.0 Å². The first-order chi connectivity index (χ1) is 8.08. The molecule has 0 aromatic heterocycles. The fraction of sp³-hybridized carbons (Fsp3) is 0.143. The summed E-state index contributed by atoms with van der Waals surface area (Å²) in [6.07, 6.45) is 0. The van der Waals surface area contributed by atoms with Crippen molar-refractivity contribution in [3.63, 3.8) is 0 Å². The van der Waals surface area contributed by atoms with Gasteiger partial charge in [0.15, 0.2) is 0 Å². The topological polar surface area (TPSA) is 38.0 Å². The van der Waals surface area contributed by atoms with Gasteiger partial charge in [-0.3, -0.25) is 0 Å². The molecule has 0 aliphatic heterocycles. The average Bonchev–Trinajstić information content (AvgIpc) is 2.30. The zero-order valence-electron chi connectivity index (χ0n) is 9.92. The van der Waals surface area contributed by atoms with E-state index in [1.807, 2.05) is 25.1 Å². The molecule has 17 heavy (non-hydrogen) atoms. The van der Waals surface area contributed by atoms with Crippen molar-refractivity contribution in [2.24, 2.45) is 0 Å². The fourth-order valence-electron chi connectivity index (χ4n) is 1.62. The smallest absolute Gasteiger partial charge is 0.0434 e. The lowest BCUT2D eigenvalue weighted by Crippen LogP contribution is -1.97. The van der Waals surface area contributed by atoms with Gasteiger partial charge in [0.2, 0.25) is 0 Å². The molecular weight excluding hydrogens is 276 g/mol. The summed E-state index contributed by atoms with van der Waals surface area (Å²) in [5.41, 5.74) is 11.1. The summed E-state index contributed by atoms with van der Waals surface area (Å²) in [5.74, 6) is 0. The van der Waals surface area contributed by atoms with Crippen LogP contribution in [0.4, 0.5) is 17.1 Å². The van der Waals surface area contributed by atoms with Gasteiger partial charge < -0.3 is 11.1 Å². The minimum atomic E-state index is 0.807. The second-order valence-electron chi connectivity index (χ2n) is 4.11. The molecule has 0 spiro atoms. The number of nitrogen functional groups attached to an aromatic ring is 1. The Balaban J connectivity index is 2.31. The van der Waals surface area contributed by atoms with E-state index in [0.29, 0.717) is 0 Å². The molecule has 2 aromatic carbocycles. The summed E-state index contributed by atoms with van der Waals surface area (Å²) < 4.78 is 1.10. The largest absolute Gasteiger partial charge is 0.398 e. The molecule has 2 nitrogen and oxygen atoms in total. The molecule has 88 valence electrons. The van der Waals surface area contributed by atoms with Crippen LogP contribution in [0.1, 0.15) is 11.1 Å². The Morgan fingerprint density at radius 3 is 2.59 bits per heavy atom. The number of aryl methyl sites for hydroxylation is 1. The predicted molar refractivity (Wildman–Crippen MR) is 77.8 cm³/mol. The molecule has 0 aliphatic carbocycles. The van der Waals surface area contributed by atoms with Gasteiger partial charge in [0.25, 0.3) is 0 Å². The number of benzene rings is 2. The average molecular weight is 291 g/mol. The van der Waals surface area contributed by atoms with Gasteiger partial charge in [-0.1, -0.05) is 28.1 Å². The van der Waals surface area contributed by atoms with E-state index < -0.39 is 0 Å². The number of nitrogens with two attached hydrogens (primary N) is 1. The van der Waals surface area contributed by atoms with Crippen LogP contribution in [0.15, 0.2) is 40.9 Å². The second kappa shape index (κ2) is 4.80. The van der Waals surface area contributed by atoms with Crippen LogP contribution >= 0.6 is 15.9 Å². The standard InChI is InChI=1S/C14H15BrN2/c1-9-6-7-11(8-12(9)15)17-14-5-3-4-13(16)10(14)2/h3-8,17H,16H2,1-2H3. The van der Waals surface area contributed by atoms with E-state index in [4.69, 9.17) is 5.73 Å². The number of anilines is 3. The highest BCUT2D eigenvalue weighted by Crippen LogP contribution is 2.27. The van der Waals surface area contributed by atoms with Crippen molar-refractivity contribution in [1.82, 2.24) is 0 Å². The molecule has 0 amide bonds. The van der Waals surface area contributed by atoms with Crippen LogP contribution in [0.2, 0.25) is 0 Å². The van der Waals surface area contributed by atoms with E-state index in [2.05, 4.69) is 46.4 Å². The van der Waals surface area contributed by atoms with Crippen LogP contribution in [-0.4, -0.2) is 0 Å². The van der Waals surface area contributed by atoms with Gasteiger partial charge in [0.05, 0.1) is 0 Å². The van der Waals surface area contributed by atoms with Crippen molar-refractivity contribution in [2.45, 2.75) is 13.8 Å².